The first-order valence-electron chi connectivity index (χ1n) is 6.87. The Labute approximate surface area is 123 Å². The SMILES string of the molecule is CC(C)C1(O)CN(Cc2csc(-c3ccccn3)n2)C1. The average Bonchev–Trinajstić information content (AvgIpc) is 2.86. The quantitative estimate of drug-likeness (QED) is 0.939. The number of thiazole rings is 1. The highest BCUT2D eigenvalue weighted by Crippen LogP contribution is 2.30. The van der Waals surface area contributed by atoms with Crippen LogP contribution in [0, 0.1) is 5.92 Å². The number of aliphatic hydroxyl groups is 1. The highest BCUT2D eigenvalue weighted by Gasteiger charge is 2.43. The maximum atomic E-state index is 10.2. The molecule has 0 aromatic carbocycles. The zero-order chi connectivity index (χ0) is 14.2. The van der Waals surface area contributed by atoms with Crippen LogP contribution in [0.15, 0.2) is 29.8 Å². The number of β-amino-alcohol motifs (C(OH)–C–C–N with tert-alkyl or cyclic N) is 1. The lowest BCUT2D eigenvalue weighted by Gasteiger charge is -2.49. The molecule has 0 amide bonds. The molecular formula is C15H19N3OS. The molecule has 1 fully saturated rings. The maximum absolute atomic E-state index is 10.2. The van der Waals surface area contributed by atoms with E-state index in [1.165, 1.54) is 0 Å². The van der Waals surface area contributed by atoms with E-state index in [0.29, 0.717) is 5.92 Å². The molecule has 0 bridgehead atoms. The molecule has 0 atom stereocenters. The Balaban J connectivity index is 1.62. The van der Waals surface area contributed by atoms with E-state index in [-0.39, 0.29) is 0 Å². The number of rotatable bonds is 4. The van der Waals surface area contributed by atoms with Crippen LogP contribution in [0.5, 0.6) is 0 Å². The van der Waals surface area contributed by atoms with Gasteiger partial charge in [-0.3, -0.25) is 9.88 Å². The molecule has 5 heteroatoms. The second-order valence-electron chi connectivity index (χ2n) is 5.76. The Morgan fingerprint density at radius 1 is 1.40 bits per heavy atom. The van der Waals surface area contributed by atoms with Crippen molar-refractivity contribution >= 4 is 11.3 Å². The molecule has 20 heavy (non-hydrogen) atoms. The molecule has 1 saturated heterocycles. The van der Waals surface area contributed by atoms with Crippen molar-refractivity contribution in [2.45, 2.75) is 26.0 Å². The van der Waals surface area contributed by atoms with Gasteiger partial charge in [-0.15, -0.1) is 11.3 Å². The molecule has 3 rings (SSSR count). The van der Waals surface area contributed by atoms with Crippen molar-refractivity contribution in [3.63, 3.8) is 0 Å². The summed E-state index contributed by atoms with van der Waals surface area (Å²) in [7, 11) is 0. The van der Waals surface area contributed by atoms with E-state index >= 15 is 0 Å². The van der Waals surface area contributed by atoms with Gasteiger partial charge in [-0.2, -0.15) is 0 Å². The summed E-state index contributed by atoms with van der Waals surface area (Å²) < 4.78 is 0. The van der Waals surface area contributed by atoms with Gasteiger partial charge in [-0.25, -0.2) is 4.98 Å². The third-order valence-corrected chi connectivity index (χ3v) is 4.80. The van der Waals surface area contributed by atoms with Crippen molar-refractivity contribution in [3.8, 4) is 10.7 Å². The molecule has 0 spiro atoms. The lowest BCUT2D eigenvalue weighted by molar-refractivity contribution is -0.131. The fourth-order valence-electron chi connectivity index (χ4n) is 2.42. The minimum Gasteiger partial charge on any atom is -0.387 e. The summed E-state index contributed by atoms with van der Waals surface area (Å²) in [4.78, 5) is 11.2. The Morgan fingerprint density at radius 2 is 2.20 bits per heavy atom. The molecule has 2 aromatic rings. The van der Waals surface area contributed by atoms with Gasteiger partial charge in [0.25, 0.3) is 0 Å². The summed E-state index contributed by atoms with van der Waals surface area (Å²) in [5.74, 6) is 0.304. The van der Waals surface area contributed by atoms with Crippen LogP contribution < -0.4 is 0 Å². The summed E-state index contributed by atoms with van der Waals surface area (Å²) in [6.07, 6.45) is 1.79. The fraction of sp³-hybridized carbons (Fsp3) is 0.467. The predicted octanol–water partition coefficient (Wildman–Crippen LogP) is 2.41. The number of likely N-dealkylation sites (tertiary alicyclic amines) is 1. The van der Waals surface area contributed by atoms with Gasteiger partial charge in [0, 0.05) is 31.2 Å². The van der Waals surface area contributed by atoms with Crippen molar-refractivity contribution in [2.24, 2.45) is 5.92 Å². The third kappa shape index (κ3) is 2.61. The van der Waals surface area contributed by atoms with Crippen LogP contribution in [0.2, 0.25) is 0 Å². The second kappa shape index (κ2) is 5.24. The fourth-order valence-corrected chi connectivity index (χ4v) is 3.21. The maximum Gasteiger partial charge on any atom is 0.142 e. The summed E-state index contributed by atoms with van der Waals surface area (Å²) in [5.41, 5.74) is 1.47. The van der Waals surface area contributed by atoms with Crippen molar-refractivity contribution in [2.75, 3.05) is 13.1 Å². The molecule has 3 heterocycles. The zero-order valence-electron chi connectivity index (χ0n) is 11.8. The van der Waals surface area contributed by atoms with E-state index in [4.69, 9.17) is 0 Å². The Bertz CT molecular complexity index is 576. The third-order valence-electron chi connectivity index (χ3n) is 3.89. The standard InChI is InChI=1S/C15H19N3OS/c1-11(2)15(19)9-18(10-15)7-12-8-20-14(17-12)13-5-3-4-6-16-13/h3-6,8,11,19H,7,9-10H2,1-2H3. The smallest absolute Gasteiger partial charge is 0.142 e. The van der Waals surface area contributed by atoms with Crippen LogP contribution in [0.3, 0.4) is 0 Å². The minimum absolute atomic E-state index is 0.304. The number of hydrogen-bond donors (Lipinski definition) is 1. The first-order valence-corrected chi connectivity index (χ1v) is 7.75. The van der Waals surface area contributed by atoms with Gasteiger partial charge in [0.1, 0.15) is 5.01 Å². The molecule has 1 N–H and O–H groups in total. The zero-order valence-corrected chi connectivity index (χ0v) is 12.6. The number of aromatic nitrogens is 2. The Morgan fingerprint density at radius 3 is 2.85 bits per heavy atom. The van der Waals surface area contributed by atoms with Crippen LogP contribution in [0.25, 0.3) is 10.7 Å². The van der Waals surface area contributed by atoms with Crippen molar-refractivity contribution in [1.29, 1.82) is 0 Å². The minimum atomic E-state index is -0.514. The molecule has 106 valence electrons. The van der Waals surface area contributed by atoms with Gasteiger partial charge < -0.3 is 5.11 Å². The van der Waals surface area contributed by atoms with E-state index in [9.17, 15) is 5.11 Å². The van der Waals surface area contributed by atoms with Gasteiger partial charge in [0.05, 0.1) is 17.0 Å². The monoisotopic (exact) mass is 289 g/mol. The van der Waals surface area contributed by atoms with Crippen LogP contribution in [0.4, 0.5) is 0 Å². The van der Waals surface area contributed by atoms with E-state index in [1.807, 2.05) is 18.2 Å². The number of pyridine rings is 1. The van der Waals surface area contributed by atoms with Crippen LogP contribution >= 0.6 is 11.3 Å². The number of hydrogen-bond acceptors (Lipinski definition) is 5. The molecule has 0 radical (unpaired) electrons. The lowest BCUT2D eigenvalue weighted by Crippen LogP contribution is -2.63. The predicted molar refractivity (Wildman–Crippen MR) is 80.4 cm³/mol. The van der Waals surface area contributed by atoms with Crippen molar-refractivity contribution in [1.82, 2.24) is 14.9 Å². The summed E-state index contributed by atoms with van der Waals surface area (Å²) in [6, 6.07) is 5.86. The Hall–Kier alpha value is -1.30. The average molecular weight is 289 g/mol. The summed E-state index contributed by atoms with van der Waals surface area (Å²) in [5, 5.41) is 13.3. The molecule has 0 saturated carbocycles. The van der Waals surface area contributed by atoms with Crippen LogP contribution in [-0.4, -0.2) is 38.7 Å². The molecule has 0 unspecified atom stereocenters. The largest absolute Gasteiger partial charge is 0.387 e. The highest BCUT2D eigenvalue weighted by atomic mass is 32.1. The summed E-state index contributed by atoms with van der Waals surface area (Å²) in [6.45, 7) is 6.42. The Kier molecular flexibility index (Phi) is 3.58. The van der Waals surface area contributed by atoms with Crippen LogP contribution in [-0.2, 0) is 6.54 Å². The first-order chi connectivity index (χ1) is 9.57. The summed E-state index contributed by atoms with van der Waals surface area (Å²) >= 11 is 1.62. The molecule has 1 aliphatic heterocycles. The van der Waals surface area contributed by atoms with E-state index in [0.717, 1.165) is 36.0 Å². The second-order valence-corrected chi connectivity index (χ2v) is 6.62. The van der Waals surface area contributed by atoms with Crippen LogP contribution in [0.1, 0.15) is 19.5 Å². The first kappa shape index (κ1) is 13.7. The molecule has 4 nitrogen and oxygen atoms in total. The van der Waals surface area contributed by atoms with Crippen molar-refractivity contribution < 1.29 is 5.11 Å². The van der Waals surface area contributed by atoms with Gasteiger partial charge in [0.2, 0.25) is 0 Å². The van der Waals surface area contributed by atoms with Crippen molar-refractivity contribution in [3.05, 3.63) is 35.5 Å². The molecule has 2 aromatic heterocycles. The lowest BCUT2D eigenvalue weighted by atomic mass is 9.83. The van der Waals surface area contributed by atoms with Gasteiger partial charge in [-0.05, 0) is 18.1 Å². The topological polar surface area (TPSA) is 49.2 Å². The molecule has 1 aliphatic rings. The van der Waals surface area contributed by atoms with E-state index < -0.39 is 5.60 Å². The number of nitrogens with zero attached hydrogens (tertiary/aromatic N) is 3. The van der Waals surface area contributed by atoms with Gasteiger partial charge in [-0.1, -0.05) is 19.9 Å². The normalized spacial score (nSPS) is 18.2. The van der Waals surface area contributed by atoms with E-state index in [2.05, 4.69) is 34.1 Å². The molecule has 0 aliphatic carbocycles. The molecular weight excluding hydrogens is 270 g/mol. The van der Waals surface area contributed by atoms with E-state index in [1.54, 1.807) is 17.5 Å². The van der Waals surface area contributed by atoms with Gasteiger partial charge in [0.15, 0.2) is 0 Å². The highest BCUT2D eigenvalue weighted by molar-refractivity contribution is 7.13. The van der Waals surface area contributed by atoms with Gasteiger partial charge >= 0.3 is 0 Å².